The fourth-order valence-electron chi connectivity index (χ4n) is 4.10. The smallest absolute Gasteiger partial charge is 0.266 e. The Morgan fingerprint density at radius 3 is 2.74 bits per heavy atom. The molecule has 1 fully saturated rings. The number of fused-ring (bicyclic) bond motifs is 1. The number of hydrogen-bond acceptors (Lipinski definition) is 6. The Kier molecular flexibility index (Phi) is 6.74. The third kappa shape index (κ3) is 4.90. The molecule has 5 rings (SSSR count). The number of amides is 1. The van der Waals surface area contributed by atoms with Crippen LogP contribution < -0.4 is 14.4 Å². The Labute approximate surface area is 202 Å². The summed E-state index contributed by atoms with van der Waals surface area (Å²) in [4.78, 5) is 19.8. The minimum atomic E-state index is -0.140. The molecule has 7 heteroatoms. The quantitative estimate of drug-likeness (QED) is 0.334. The van der Waals surface area contributed by atoms with Crippen LogP contribution in [0.1, 0.15) is 12.8 Å². The summed E-state index contributed by atoms with van der Waals surface area (Å²) in [6.07, 6.45) is 1.95. The van der Waals surface area contributed by atoms with E-state index < -0.39 is 0 Å². The maximum atomic E-state index is 13.4. The van der Waals surface area contributed by atoms with Crippen LogP contribution in [0.4, 0.5) is 5.13 Å². The van der Waals surface area contributed by atoms with Gasteiger partial charge in [-0.05, 0) is 48.6 Å². The van der Waals surface area contributed by atoms with Crippen molar-refractivity contribution in [2.45, 2.75) is 18.9 Å². The first-order valence-corrected chi connectivity index (χ1v) is 12.2. The molecule has 1 saturated heterocycles. The summed E-state index contributed by atoms with van der Waals surface area (Å²) >= 11 is 1.45. The van der Waals surface area contributed by atoms with E-state index in [0.717, 1.165) is 47.2 Å². The lowest BCUT2D eigenvalue weighted by atomic mass is 10.1. The van der Waals surface area contributed by atoms with E-state index in [-0.39, 0.29) is 18.6 Å². The van der Waals surface area contributed by atoms with Gasteiger partial charge in [0, 0.05) is 22.9 Å². The number of nitrogens with zero attached hydrogens (tertiary/aromatic N) is 2. The fraction of sp³-hybridized carbons (Fsp3) is 0.259. The molecule has 1 aliphatic rings. The molecule has 1 unspecified atom stereocenters. The molecule has 1 amide bonds. The number of benzene rings is 3. The minimum absolute atomic E-state index is 0.00911. The second-order valence-electron chi connectivity index (χ2n) is 8.15. The molecule has 1 aromatic heterocycles. The molecular weight excluding hydrogens is 448 g/mol. The number of ether oxygens (including phenoxy) is 3. The van der Waals surface area contributed by atoms with Gasteiger partial charge in [0.25, 0.3) is 5.91 Å². The Morgan fingerprint density at radius 2 is 1.94 bits per heavy atom. The molecule has 2 heterocycles. The van der Waals surface area contributed by atoms with Crippen LogP contribution in [0, 0.1) is 0 Å². The maximum absolute atomic E-state index is 13.4. The van der Waals surface area contributed by atoms with Crippen LogP contribution in [0.3, 0.4) is 0 Å². The van der Waals surface area contributed by atoms with Gasteiger partial charge in [-0.2, -0.15) is 0 Å². The predicted molar refractivity (Wildman–Crippen MR) is 135 cm³/mol. The molecule has 1 aliphatic heterocycles. The van der Waals surface area contributed by atoms with Crippen LogP contribution in [-0.2, 0) is 9.53 Å². The Bertz CT molecular complexity index is 1260. The lowest BCUT2D eigenvalue weighted by Crippen LogP contribution is -2.40. The highest BCUT2D eigenvalue weighted by Gasteiger charge is 2.26. The monoisotopic (exact) mass is 474 g/mol. The Morgan fingerprint density at radius 1 is 1.12 bits per heavy atom. The summed E-state index contributed by atoms with van der Waals surface area (Å²) in [6.45, 7) is 1.12. The number of aromatic nitrogens is 1. The van der Waals surface area contributed by atoms with Crippen molar-refractivity contribution in [3.8, 4) is 22.8 Å². The first kappa shape index (κ1) is 22.4. The van der Waals surface area contributed by atoms with E-state index in [0.29, 0.717) is 17.4 Å². The average molecular weight is 475 g/mol. The number of hydrogen-bond donors (Lipinski definition) is 0. The van der Waals surface area contributed by atoms with Gasteiger partial charge >= 0.3 is 0 Å². The number of rotatable bonds is 8. The zero-order valence-corrected chi connectivity index (χ0v) is 19.8. The molecule has 0 bridgehead atoms. The zero-order valence-electron chi connectivity index (χ0n) is 19.0. The molecule has 3 aromatic carbocycles. The summed E-state index contributed by atoms with van der Waals surface area (Å²) in [5, 5.41) is 4.68. The highest BCUT2D eigenvalue weighted by atomic mass is 32.1. The van der Waals surface area contributed by atoms with Crippen LogP contribution in [0.15, 0.2) is 72.1 Å². The van der Waals surface area contributed by atoms with Gasteiger partial charge in [0.15, 0.2) is 11.7 Å². The van der Waals surface area contributed by atoms with Gasteiger partial charge in [0.2, 0.25) is 0 Å². The molecule has 4 aromatic rings. The van der Waals surface area contributed by atoms with Crippen molar-refractivity contribution in [3.05, 3.63) is 72.1 Å². The van der Waals surface area contributed by atoms with Crippen molar-refractivity contribution >= 4 is 33.1 Å². The summed E-state index contributed by atoms with van der Waals surface area (Å²) in [5.41, 5.74) is 1.79. The van der Waals surface area contributed by atoms with E-state index in [9.17, 15) is 4.79 Å². The number of anilines is 1. The molecule has 1 atom stereocenters. The summed E-state index contributed by atoms with van der Waals surface area (Å²) in [5.74, 6) is 1.35. The second-order valence-corrected chi connectivity index (χ2v) is 8.99. The molecule has 0 saturated carbocycles. The van der Waals surface area contributed by atoms with E-state index in [2.05, 4.69) is 0 Å². The molecular formula is C27H26N2O4S. The van der Waals surface area contributed by atoms with Gasteiger partial charge in [-0.3, -0.25) is 9.69 Å². The van der Waals surface area contributed by atoms with Gasteiger partial charge in [0.05, 0.1) is 25.5 Å². The molecule has 34 heavy (non-hydrogen) atoms. The summed E-state index contributed by atoms with van der Waals surface area (Å²) in [7, 11) is 1.64. The largest absolute Gasteiger partial charge is 0.497 e. The fourth-order valence-corrected chi connectivity index (χ4v) is 4.96. The van der Waals surface area contributed by atoms with Gasteiger partial charge in [0.1, 0.15) is 11.5 Å². The standard InChI is InChI=1S/C27H26N2O4S/c1-31-21-13-11-20(12-14-21)24-18-34-27(28-24)29(16-22-8-5-15-32-22)26(30)17-33-25-10-4-7-19-6-2-3-9-23(19)25/h2-4,6-7,9-14,18,22H,5,8,15-17H2,1H3. The third-order valence-electron chi connectivity index (χ3n) is 5.92. The molecule has 0 aliphatic carbocycles. The summed E-state index contributed by atoms with van der Waals surface area (Å²) in [6, 6.07) is 21.6. The van der Waals surface area contributed by atoms with E-state index in [1.54, 1.807) is 12.0 Å². The predicted octanol–water partition coefficient (Wildman–Crippen LogP) is 5.56. The highest BCUT2D eigenvalue weighted by Crippen LogP contribution is 2.30. The van der Waals surface area contributed by atoms with E-state index in [4.69, 9.17) is 19.2 Å². The van der Waals surface area contributed by atoms with Crippen LogP contribution >= 0.6 is 11.3 Å². The number of methoxy groups -OCH3 is 1. The van der Waals surface area contributed by atoms with Crippen molar-refractivity contribution in [2.24, 2.45) is 0 Å². The Balaban J connectivity index is 1.36. The molecule has 6 nitrogen and oxygen atoms in total. The number of thiazole rings is 1. The van der Waals surface area contributed by atoms with Crippen molar-refractivity contribution in [1.29, 1.82) is 0 Å². The second kappa shape index (κ2) is 10.2. The first-order chi connectivity index (χ1) is 16.7. The minimum Gasteiger partial charge on any atom is -0.497 e. The van der Waals surface area contributed by atoms with Crippen LogP contribution in [0.2, 0.25) is 0 Å². The molecule has 0 spiro atoms. The maximum Gasteiger partial charge on any atom is 0.266 e. The lowest BCUT2D eigenvalue weighted by molar-refractivity contribution is -0.120. The summed E-state index contributed by atoms with van der Waals surface area (Å²) < 4.78 is 17.1. The molecule has 0 N–H and O–H groups in total. The topological polar surface area (TPSA) is 60.9 Å². The lowest BCUT2D eigenvalue weighted by Gasteiger charge is -2.23. The normalized spacial score (nSPS) is 15.4. The zero-order chi connectivity index (χ0) is 23.3. The van der Waals surface area contributed by atoms with Gasteiger partial charge in [-0.1, -0.05) is 36.4 Å². The van der Waals surface area contributed by atoms with Crippen molar-refractivity contribution in [3.63, 3.8) is 0 Å². The number of carbonyl (C=O) groups is 1. The Hall–Kier alpha value is -3.42. The van der Waals surface area contributed by atoms with Crippen LogP contribution in [0.5, 0.6) is 11.5 Å². The highest BCUT2D eigenvalue weighted by molar-refractivity contribution is 7.14. The van der Waals surface area contributed by atoms with Crippen molar-refractivity contribution in [1.82, 2.24) is 4.98 Å². The van der Waals surface area contributed by atoms with Crippen molar-refractivity contribution in [2.75, 3.05) is 31.8 Å². The average Bonchev–Trinajstić information content (AvgIpc) is 3.58. The first-order valence-electron chi connectivity index (χ1n) is 11.3. The van der Waals surface area contributed by atoms with Crippen molar-refractivity contribution < 1.29 is 19.0 Å². The van der Waals surface area contributed by atoms with Gasteiger partial charge in [-0.25, -0.2) is 4.98 Å². The third-order valence-corrected chi connectivity index (χ3v) is 6.78. The van der Waals surface area contributed by atoms with E-state index in [1.807, 2.05) is 72.1 Å². The van der Waals surface area contributed by atoms with E-state index >= 15 is 0 Å². The van der Waals surface area contributed by atoms with Gasteiger partial charge < -0.3 is 14.2 Å². The number of carbonyl (C=O) groups excluding carboxylic acids is 1. The van der Waals surface area contributed by atoms with Gasteiger partial charge in [-0.15, -0.1) is 11.3 Å². The van der Waals surface area contributed by atoms with Crippen LogP contribution in [0.25, 0.3) is 22.0 Å². The molecule has 0 radical (unpaired) electrons. The van der Waals surface area contributed by atoms with E-state index in [1.165, 1.54) is 11.3 Å². The van der Waals surface area contributed by atoms with Crippen LogP contribution in [-0.4, -0.2) is 43.9 Å². The molecule has 174 valence electrons. The SMILES string of the molecule is COc1ccc(-c2csc(N(CC3CCCO3)C(=O)COc3cccc4ccccc34)n2)cc1.